The van der Waals surface area contributed by atoms with Crippen molar-refractivity contribution >= 4 is 26.0 Å². The molecule has 1 aliphatic rings. The molecule has 10 heteroatoms. The van der Waals surface area contributed by atoms with Gasteiger partial charge in [0.05, 0.1) is 39.7 Å². The Labute approximate surface area is 191 Å². The van der Waals surface area contributed by atoms with Gasteiger partial charge in [-0.1, -0.05) is 12.8 Å². The van der Waals surface area contributed by atoms with Gasteiger partial charge in [0, 0.05) is 6.04 Å². The highest BCUT2D eigenvalue weighted by Gasteiger charge is 2.36. The van der Waals surface area contributed by atoms with E-state index in [9.17, 15) is 22.8 Å². The molecule has 0 saturated heterocycles. The van der Waals surface area contributed by atoms with E-state index >= 15 is 0 Å². The molecule has 5 nitrogen and oxygen atoms in total. The van der Waals surface area contributed by atoms with Gasteiger partial charge in [-0.25, -0.2) is 9.82 Å². The second-order valence-electron chi connectivity index (χ2n) is 8.45. The minimum absolute atomic E-state index is 0.125. The van der Waals surface area contributed by atoms with Crippen LogP contribution in [-0.4, -0.2) is 21.8 Å². The maximum Gasteiger partial charge on any atom is 0.405 e. The number of hydrazine groups is 1. The molecular weight excluding hydrogens is 453 g/mol. The van der Waals surface area contributed by atoms with E-state index in [-0.39, 0.29) is 17.0 Å². The van der Waals surface area contributed by atoms with Gasteiger partial charge in [0.2, 0.25) is 0 Å². The predicted octanol–water partition coefficient (Wildman–Crippen LogP) is 6.19. The molecule has 2 aromatic heterocycles. The number of hydrogen-bond donors (Lipinski definition) is 1. The Morgan fingerprint density at radius 1 is 1.27 bits per heavy atom. The summed E-state index contributed by atoms with van der Waals surface area (Å²) in [5.41, 5.74) is 5.40. The van der Waals surface area contributed by atoms with Crippen molar-refractivity contribution in [3.05, 3.63) is 47.4 Å². The first-order valence-corrected chi connectivity index (χ1v) is 11.2. The zero-order chi connectivity index (χ0) is 23.9. The van der Waals surface area contributed by atoms with Gasteiger partial charge in [0.15, 0.2) is 0 Å². The van der Waals surface area contributed by atoms with Gasteiger partial charge in [0.25, 0.3) is 0 Å². The van der Waals surface area contributed by atoms with Crippen LogP contribution in [0.3, 0.4) is 0 Å². The molecule has 33 heavy (non-hydrogen) atoms. The monoisotopic (exact) mass is 477 g/mol. The SMILES string of the molecule is Cc1cc(F)c2c(C#N)c(-c3ccc(N(P)N[C@@H](C)C(F)(F)F)cn3)n(C3CCCC3)c2c1. The summed E-state index contributed by atoms with van der Waals surface area (Å²) < 4.78 is 56.8. The number of hydrogen-bond acceptors (Lipinski definition) is 4. The lowest BCUT2D eigenvalue weighted by Crippen LogP contribution is -2.45. The van der Waals surface area contributed by atoms with E-state index in [1.807, 2.05) is 17.6 Å². The van der Waals surface area contributed by atoms with Crippen LogP contribution in [-0.2, 0) is 0 Å². The van der Waals surface area contributed by atoms with Crippen molar-refractivity contribution in [2.75, 3.05) is 4.78 Å². The molecule has 174 valence electrons. The van der Waals surface area contributed by atoms with E-state index < -0.39 is 18.0 Å². The summed E-state index contributed by atoms with van der Waals surface area (Å²) in [4.78, 5) is 4.46. The smallest absolute Gasteiger partial charge is 0.335 e. The molecule has 0 radical (unpaired) electrons. The Balaban J connectivity index is 1.80. The topological polar surface area (TPSA) is 56.9 Å². The zero-order valence-corrected chi connectivity index (χ0v) is 19.4. The Morgan fingerprint density at radius 3 is 2.55 bits per heavy atom. The van der Waals surface area contributed by atoms with Crippen LogP contribution >= 0.6 is 9.39 Å². The van der Waals surface area contributed by atoms with Crippen LogP contribution in [0.25, 0.3) is 22.3 Å². The van der Waals surface area contributed by atoms with Crippen molar-refractivity contribution in [2.24, 2.45) is 0 Å². The minimum atomic E-state index is -4.39. The van der Waals surface area contributed by atoms with Gasteiger partial charge in [-0.15, -0.1) is 0 Å². The van der Waals surface area contributed by atoms with Gasteiger partial charge in [-0.3, -0.25) is 9.76 Å². The summed E-state index contributed by atoms with van der Waals surface area (Å²) >= 11 is 0. The van der Waals surface area contributed by atoms with Crippen LogP contribution in [0.5, 0.6) is 0 Å². The Hall–Kier alpha value is -2.69. The van der Waals surface area contributed by atoms with Crippen molar-refractivity contribution in [2.45, 2.75) is 57.8 Å². The van der Waals surface area contributed by atoms with Crippen molar-refractivity contribution in [3.63, 3.8) is 0 Å². The third kappa shape index (κ3) is 4.42. The van der Waals surface area contributed by atoms with Crippen LogP contribution in [0, 0.1) is 24.1 Å². The van der Waals surface area contributed by atoms with Gasteiger partial charge < -0.3 is 4.57 Å². The lowest BCUT2D eigenvalue weighted by molar-refractivity contribution is -0.151. The Morgan fingerprint density at radius 2 is 1.97 bits per heavy atom. The van der Waals surface area contributed by atoms with Gasteiger partial charge in [-0.05, 0) is 65.9 Å². The predicted molar refractivity (Wildman–Crippen MR) is 123 cm³/mol. The second-order valence-corrected chi connectivity index (χ2v) is 8.97. The fourth-order valence-electron chi connectivity index (χ4n) is 4.45. The number of fused-ring (bicyclic) bond motifs is 1. The molecule has 1 N–H and O–H groups in total. The lowest BCUT2D eigenvalue weighted by Gasteiger charge is -2.26. The number of aromatic nitrogens is 2. The molecule has 1 aliphatic carbocycles. The van der Waals surface area contributed by atoms with Crippen LogP contribution in [0.1, 0.15) is 49.8 Å². The minimum Gasteiger partial charge on any atom is -0.335 e. The van der Waals surface area contributed by atoms with Crippen LogP contribution < -0.4 is 10.2 Å². The van der Waals surface area contributed by atoms with E-state index in [4.69, 9.17) is 0 Å². The van der Waals surface area contributed by atoms with E-state index in [1.54, 1.807) is 12.1 Å². The third-order valence-corrected chi connectivity index (χ3v) is 6.54. The fourth-order valence-corrected chi connectivity index (χ4v) is 4.82. The highest BCUT2D eigenvalue weighted by molar-refractivity contribution is 7.18. The van der Waals surface area contributed by atoms with Crippen LogP contribution in [0.15, 0.2) is 30.5 Å². The number of halogens is 4. The molecule has 2 atom stereocenters. The normalized spacial score (nSPS) is 15.7. The van der Waals surface area contributed by atoms with Gasteiger partial charge >= 0.3 is 6.18 Å². The first kappa shape index (κ1) is 23.5. The molecule has 4 rings (SSSR count). The highest BCUT2D eigenvalue weighted by atomic mass is 31.0. The molecule has 0 aliphatic heterocycles. The standard InChI is InChI=1S/C23H24F4N5P/c1-13-9-18(24)21-17(11-28)22(31(20(21)10-13)15-5-3-4-6-15)19-8-7-16(12-29-19)32(33)30-14(2)23(25,26)27/h7-10,12,14-15,30H,3-6,33H2,1-2H3/t14-/m0/s1. The van der Waals surface area contributed by atoms with Gasteiger partial charge in [0.1, 0.15) is 17.9 Å². The number of pyridine rings is 1. The van der Waals surface area contributed by atoms with Crippen molar-refractivity contribution < 1.29 is 17.6 Å². The maximum atomic E-state index is 15.0. The number of alkyl halides is 3. The molecule has 1 aromatic carbocycles. The molecule has 1 fully saturated rings. The summed E-state index contributed by atoms with van der Waals surface area (Å²) in [6.45, 7) is 2.84. The number of rotatable bonds is 5. The molecular formula is C23H24F4N5P. The number of nitrogens with zero attached hydrogens (tertiary/aromatic N) is 4. The first-order valence-electron chi connectivity index (χ1n) is 10.7. The highest BCUT2D eigenvalue weighted by Crippen LogP contribution is 2.42. The van der Waals surface area contributed by atoms with Gasteiger partial charge in [-0.2, -0.15) is 18.4 Å². The first-order chi connectivity index (χ1) is 15.6. The van der Waals surface area contributed by atoms with E-state index in [0.29, 0.717) is 22.6 Å². The molecule has 0 spiro atoms. The molecule has 0 bridgehead atoms. The second kappa shape index (κ2) is 8.92. The van der Waals surface area contributed by atoms with E-state index in [2.05, 4.69) is 25.9 Å². The number of benzene rings is 1. The molecule has 3 aromatic rings. The number of aryl methyl sites for hydroxylation is 1. The summed E-state index contributed by atoms with van der Waals surface area (Å²) in [6, 6.07) is 7.12. The fraction of sp³-hybridized carbons (Fsp3) is 0.391. The Bertz CT molecular complexity index is 1210. The molecule has 1 unspecified atom stereocenters. The van der Waals surface area contributed by atoms with Crippen LogP contribution in [0.2, 0.25) is 0 Å². The summed E-state index contributed by atoms with van der Waals surface area (Å²) in [5, 5.41) is 10.2. The molecule has 0 amide bonds. The number of nitrogens with one attached hydrogen (secondary N) is 1. The molecule has 2 heterocycles. The number of nitriles is 1. The van der Waals surface area contributed by atoms with Crippen molar-refractivity contribution in [1.29, 1.82) is 5.26 Å². The largest absolute Gasteiger partial charge is 0.405 e. The quantitative estimate of drug-likeness (QED) is 0.271. The lowest BCUT2D eigenvalue weighted by atomic mass is 10.1. The van der Waals surface area contributed by atoms with Crippen molar-refractivity contribution in [3.8, 4) is 17.5 Å². The van der Waals surface area contributed by atoms with Crippen LogP contribution in [0.4, 0.5) is 23.2 Å². The average molecular weight is 477 g/mol. The third-order valence-electron chi connectivity index (χ3n) is 6.10. The average Bonchev–Trinajstić information content (AvgIpc) is 3.38. The van der Waals surface area contributed by atoms with Crippen molar-refractivity contribution in [1.82, 2.24) is 15.0 Å². The number of anilines is 1. The van der Waals surface area contributed by atoms with E-state index in [0.717, 1.165) is 38.2 Å². The van der Waals surface area contributed by atoms with E-state index in [1.165, 1.54) is 17.0 Å². The Kier molecular flexibility index (Phi) is 6.35. The summed E-state index contributed by atoms with van der Waals surface area (Å²) in [6.07, 6.45) is 0.989. The summed E-state index contributed by atoms with van der Waals surface area (Å²) in [7, 11) is 2.19. The maximum absolute atomic E-state index is 15.0. The summed E-state index contributed by atoms with van der Waals surface area (Å²) in [5.74, 6) is -0.447. The molecule has 1 saturated carbocycles. The zero-order valence-electron chi connectivity index (χ0n) is 18.2.